The summed E-state index contributed by atoms with van der Waals surface area (Å²) in [4.78, 5) is 4.56. The molecule has 4 heteroatoms. The number of hydrogen-bond acceptors (Lipinski definition) is 2. The van der Waals surface area contributed by atoms with Gasteiger partial charge in [0.2, 0.25) is 0 Å². The smallest absolute Gasteiger partial charge is 0.147 e. The fourth-order valence-corrected chi connectivity index (χ4v) is 2.30. The molecule has 0 aliphatic rings. The summed E-state index contributed by atoms with van der Waals surface area (Å²) in [5.74, 6) is 1.73. The van der Waals surface area contributed by atoms with Gasteiger partial charge in [-0.2, -0.15) is 0 Å². The monoisotopic (exact) mass is 286 g/mol. The van der Waals surface area contributed by atoms with Gasteiger partial charge in [-0.3, -0.25) is 0 Å². The Labute approximate surface area is 122 Å². The van der Waals surface area contributed by atoms with Crippen molar-refractivity contribution in [2.75, 3.05) is 0 Å². The third-order valence-electron chi connectivity index (χ3n) is 3.32. The first-order valence-corrected chi connectivity index (χ1v) is 6.81. The minimum atomic E-state index is 0.436. The van der Waals surface area contributed by atoms with E-state index in [1.54, 1.807) is 0 Å². The second-order valence-electron chi connectivity index (χ2n) is 4.82. The standard InChI is InChI=1S/C16H15ClN2O/c1-11-3-6-13(7-4-11)20-10-16-18-14-9-12(17)5-8-15(14)19(16)2/h3-9H,10H2,1-2H3. The number of halogens is 1. The van der Waals surface area contributed by atoms with Crippen molar-refractivity contribution in [3.63, 3.8) is 0 Å². The summed E-state index contributed by atoms with van der Waals surface area (Å²) in [6.07, 6.45) is 0. The molecule has 102 valence electrons. The van der Waals surface area contributed by atoms with E-state index in [1.807, 2.05) is 54.1 Å². The fraction of sp³-hybridized carbons (Fsp3) is 0.188. The first-order chi connectivity index (χ1) is 9.63. The van der Waals surface area contributed by atoms with Crippen LogP contribution in [0.2, 0.25) is 5.02 Å². The Balaban J connectivity index is 1.84. The van der Waals surface area contributed by atoms with Crippen LogP contribution in [0.25, 0.3) is 11.0 Å². The van der Waals surface area contributed by atoms with Gasteiger partial charge in [0.15, 0.2) is 0 Å². The summed E-state index contributed by atoms with van der Waals surface area (Å²) >= 11 is 5.99. The predicted octanol–water partition coefficient (Wildman–Crippen LogP) is 4.11. The Hall–Kier alpha value is -2.00. The highest BCUT2D eigenvalue weighted by atomic mass is 35.5. The number of fused-ring (bicyclic) bond motifs is 1. The van der Waals surface area contributed by atoms with Gasteiger partial charge >= 0.3 is 0 Å². The highest BCUT2D eigenvalue weighted by Crippen LogP contribution is 2.20. The molecular weight excluding hydrogens is 272 g/mol. The van der Waals surface area contributed by atoms with Crippen molar-refractivity contribution >= 4 is 22.6 Å². The molecule has 0 bridgehead atoms. The van der Waals surface area contributed by atoms with E-state index in [9.17, 15) is 0 Å². The van der Waals surface area contributed by atoms with Gasteiger partial charge in [-0.05, 0) is 37.3 Å². The molecule has 1 aromatic heterocycles. The van der Waals surface area contributed by atoms with E-state index in [0.717, 1.165) is 22.6 Å². The maximum Gasteiger partial charge on any atom is 0.147 e. The van der Waals surface area contributed by atoms with Crippen LogP contribution in [-0.2, 0) is 13.7 Å². The van der Waals surface area contributed by atoms with Gasteiger partial charge in [0.1, 0.15) is 18.2 Å². The summed E-state index contributed by atoms with van der Waals surface area (Å²) in [7, 11) is 1.98. The van der Waals surface area contributed by atoms with E-state index in [-0.39, 0.29) is 0 Å². The Bertz CT molecular complexity index is 747. The van der Waals surface area contributed by atoms with Gasteiger partial charge in [0.05, 0.1) is 11.0 Å². The topological polar surface area (TPSA) is 27.1 Å². The van der Waals surface area contributed by atoms with Crippen LogP contribution in [0.5, 0.6) is 5.75 Å². The normalized spacial score (nSPS) is 10.9. The molecule has 0 saturated heterocycles. The molecule has 0 fully saturated rings. The largest absolute Gasteiger partial charge is 0.486 e. The highest BCUT2D eigenvalue weighted by molar-refractivity contribution is 6.31. The summed E-state index contributed by atoms with van der Waals surface area (Å²) in [5, 5.41) is 0.696. The Morgan fingerprint density at radius 3 is 2.65 bits per heavy atom. The van der Waals surface area contributed by atoms with Crippen molar-refractivity contribution in [2.45, 2.75) is 13.5 Å². The van der Waals surface area contributed by atoms with Crippen LogP contribution in [-0.4, -0.2) is 9.55 Å². The van der Waals surface area contributed by atoms with E-state index >= 15 is 0 Å². The van der Waals surface area contributed by atoms with Crippen LogP contribution in [0.4, 0.5) is 0 Å². The number of hydrogen-bond donors (Lipinski definition) is 0. The Morgan fingerprint density at radius 1 is 1.15 bits per heavy atom. The number of benzene rings is 2. The fourth-order valence-electron chi connectivity index (χ4n) is 2.13. The van der Waals surface area contributed by atoms with E-state index < -0.39 is 0 Å². The minimum Gasteiger partial charge on any atom is -0.486 e. The molecule has 3 aromatic rings. The molecule has 3 rings (SSSR count). The molecule has 2 aromatic carbocycles. The predicted molar refractivity (Wildman–Crippen MR) is 81.2 cm³/mol. The van der Waals surface area contributed by atoms with Crippen LogP contribution < -0.4 is 4.74 Å². The molecule has 20 heavy (non-hydrogen) atoms. The first-order valence-electron chi connectivity index (χ1n) is 6.44. The number of nitrogens with zero attached hydrogens (tertiary/aromatic N) is 2. The van der Waals surface area contributed by atoms with Crippen molar-refractivity contribution in [1.29, 1.82) is 0 Å². The van der Waals surface area contributed by atoms with Gasteiger partial charge in [0.25, 0.3) is 0 Å². The van der Waals surface area contributed by atoms with Gasteiger partial charge in [0, 0.05) is 12.1 Å². The van der Waals surface area contributed by atoms with Crippen molar-refractivity contribution < 1.29 is 4.74 Å². The van der Waals surface area contributed by atoms with E-state index in [4.69, 9.17) is 16.3 Å². The van der Waals surface area contributed by atoms with Gasteiger partial charge in [-0.25, -0.2) is 4.98 Å². The van der Waals surface area contributed by atoms with Crippen LogP contribution in [0.3, 0.4) is 0 Å². The molecule has 0 N–H and O–H groups in total. The minimum absolute atomic E-state index is 0.436. The average molecular weight is 287 g/mol. The summed E-state index contributed by atoms with van der Waals surface area (Å²) < 4.78 is 7.80. The lowest BCUT2D eigenvalue weighted by atomic mass is 10.2. The van der Waals surface area contributed by atoms with Gasteiger partial charge in [-0.1, -0.05) is 29.3 Å². The second-order valence-corrected chi connectivity index (χ2v) is 5.26. The SMILES string of the molecule is Cc1ccc(OCc2nc3cc(Cl)ccc3n2C)cc1. The van der Waals surface area contributed by atoms with Crippen LogP contribution >= 0.6 is 11.6 Å². The molecule has 0 aliphatic carbocycles. The third-order valence-corrected chi connectivity index (χ3v) is 3.56. The number of ether oxygens (including phenoxy) is 1. The highest BCUT2D eigenvalue weighted by Gasteiger charge is 2.08. The summed E-state index contributed by atoms with van der Waals surface area (Å²) in [5.41, 5.74) is 3.16. The molecule has 3 nitrogen and oxygen atoms in total. The van der Waals surface area contributed by atoms with E-state index in [1.165, 1.54) is 5.56 Å². The lowest BCUT2D eigenvalue weighted by Gasteiger charge is -2.06. The third kappa shape index (κ3) is 2.49. The zero-order chi connectivity index (χ0) is 14.1. The summed E-state index contributed by atoms with van der Waals surface area (Å²) in [6.45, 7) is 2.49. The maximum absolute atomic E-state index is 5.99. The number of imidazole rings is 1. The summed E-state index contributed by atoms with van der Waals surface area (Å²) in [6, 6.07) is 13.7. The van der Waals surface area contributed by atoms with Crippen molar-refractivity contribution in [2.24, 2.45) is 7.05 Å². The van der Waals surface area contributed by atoms with Crippen LogP contribution in [0, 0.1) is 6.92 Å². The van der Waals surface area contributed by atoms with Crippen molar-refractivity contribution in [3.8, 4) is 5.75 Å². The lowest BCUT2D eigenvalue weighted by molar-refractivity contribution is 0.292. The van der Waals surface area contributed by atoms with Crippen LogP contribution in [0.15, 0.2) is 42.5 Å². The second kappa shape index (κ2) is 5.17. The molecule has 1 heterocycles. The number of rotatable bonds is 3. The molecule has 0 saturated carbocycles. The molecule has 0 radical (unpaired) electrons. The van der Waals surface area contributed by atoms with Crippen molar-refractivity contribution in [1.82, 2.24) is 9.55 Å². The number of aromatic nitrogens is 2. The molecule has 0 amide bonds. The first kappa shape index (κ1) is 13.0. The van der Waals surface area contributed by atoms with Gasteiger partial charge < -0.3 is 9.30 Å². The lowest BCUT2D eigenvalue weighted by Crippen LogP contribution is -2.03. The molecule has 0 aliphatic heterocycles. The number of aryl methyl sites for hydroxylation is 2. The zero-order valence-corrected chi connectivity index (χ0v) is 12.2. The molecule has 0 atom stereocenters. The average Bonchev–Trinajstić information content (AvgIpc) is 2.74. The Morgan fingerprint density at radius 2 is 1.90 bits per heavy atom. The van der Waals surface area contributed by atoms with E-state index in [0.29, 0.717) is 11.6 Å². The molecule has 0 unspecified atom stereocenters. The quantitative estimate of drug-likeness (QED) is 0.724. The van der Waals surface area contributed by atoms with Gasteiger partial charge in [-0.15, -0.1) is 0 Å². The zero-order valence-electron chi connectivity index (χ0n) is 11.4. The molecule has 0 spiro atoms. The Kier molecular flexibility index (Phi) is 3.36. The van der Waals surface area contributed by atoms with E-state index in [2.05, 4.69) is 11.9 Å². The maximum atomic E-state index is 5.99. The van der Waals surface area contributed by atoms with Crippen molar-refractivity contribution in [3.05, 3.63) is 58.9 Å². The molecular formula is C16H15ClN2O. The van der Waals surface area contributed by atoms with Crippen LogP contribution in [0.1, 0.15) is 11.4 Å².